The van der Waals surface area contributed by atoms with Crippen LogP contribution in [0.4, 0.5) is 10.1 Å². The Bertz CT molecular complexity index is 520. The lowest BCUT2D eigenvalue weighted by Crippen LogP contribution is -2.14. The maximum Gasteiger partial charge on any atom is 0.224 e. The highest BCUT2D eigenvalue weighted by Gasteiger charge is 2.12. The fraction of sp³-hybridized carbons (Fsp3) is 0.429. The zero-order valence-corrected chi connectivity index (χ0v) is 14.0. The highest BCUT2D eigenvalue weighted by atomic mass is 79.9. The van der Waals surface area contributed by atoms with Crippen molar-refractivity contribution in [2.24, 2.45) is 0 Å². The lowest BCUT2D eigenvalue weighted by atomic mass is 10.1. The van der Waals surface area contributed by atoms with E-state index in [1.54, 1.807) is 13.0 Å². The third kappa shape index (κ3) is 5.17. The molecule has 1 N–H and O–H groups in total. The molecule has 6 heteroatoms. The monoisotopic (exact) mass is 361 g/mol. The normalized spacial score (nSPS) is 10.5. The number of nitrogens with one attached hydrogen (secondary N) is 1. The first-order valence-corrected chi connectivity index (χ1v) is 7.50. The molecule has 0 aliphatic rings. The van der Waals surface area contributed by atoms with Gasteiger partial charge in [0.15, 0.2) is 5.05 Å². The fourth-order valence-electron chi connectivity index (χ4n) is 1.52. The lowest BCUT2D eigenvalue weighted by molar-refractivity contribution is -0.115. The van der Waals surface area contributed by atoms with Crippen LogP contribution in [0.15, 0.2) is 16.6 Å². The summed E-state index contributed by atoms with van der Waals surface area (Å²) < 4.78 is 19.8. The molecule has 0 aromatic heterocycles. The summed E-state index contributed by atoms with van der Waals surface area (Å²) in [5, 5.41) is 2.95. The van der Waals surface area contributed by atoms with E-state index in [-0.39, 0.29) is 17.7 Å². The summed E-state index contributed by atoms with van der Waals surface area (Å²) in [4.78, 5) is 11.4. The average molecular weight is 362 g/mol. The summed E-state index contributed by atoms with van der Waals surface area (Å²) in [6.45, 7) is 5.48. The van der Waals surface area contributed by atoms with Gasteiger partial charge in [-0.3, -0.25) is 4.79 Å². The van der Waals surface area contributed by atoms with Gasteiger partial charge in [0, 0.05) is 17.3 Å². The fourth-order valence-corrected chi connectivity index (χ4v) is 2.33. The number of hydrogen-bond donors (Lipinski definition) is 1. The van der Waals surface area contributed by atoms with E-state index in [0.717, 1.165) is 5.56 Å². The topological polar surface area (TPSA) is 38.3 Å². The number of carbonyl (C=O) groups is 1. The number of ether oxygens (including phenoxy) is 1. The van der Waals surface area contributed by atoms with Crippen molar-refractivity contribution >= 4 is 44.8 Å². The van der Waals surface area contributed by atoms with Crippen LogP contribution in [-0.2, 0) is 16.0 Å². The van der Waals surface area contributed by atoms with Crippen LogP contribution in [0.3, 0.4) is 0 Å². The first-order valence-electron chi connectivity index (χ1n) is 6.30. The molecule has 20 heavy (non-hydrogen) atoms. The van der Waals surface area contributed by atoms with Crippen molar-refractivity contribution in [3.05, 3.63) is 28.0 Å². The second-order valence-corrected chi connectivity index (χ2v) is 5.85. The largest absolute Gasteiger partial charge is 0.484 e. The van der Waals surface area contributed by atoms with E-state index in [9.17, 15) is 9.18 Å². The van der Waals surface area contributed by atoms with Gasteiger partial charge in [-0.05, 0) is 43.8 Å². The zero-order chi connectivity index (χ0) is 15.3. The van der Waals surface area contributed by atoms with Crippen molar-refractivity contribution in [2.45, 2.75) is 39.7 Å². The molecule has 0 spiro atoms. The Hall–Kier alpha value is -1.01. The van der Waals surface area contributed by atoms with Crippen molar-refractivity contribution in [1.82, 2.24) is 0 Å². The molecule has 0 saturated heterocycles. The predicted octanol–water partition coefficient (Wildman–Crippen LogP) is 4.23. The molecule has 3 nitrogen and oxygen atoms in total. The van der Waals surface area contributed by atoms with Crippen LogP contribution in [0.25, 0.3) is 0 Å². The lowest BCUT2D eigenvalue weighted by Gasteiger charge is -2.13. The average Bonchev–Trinajstić information content (AvgIpc) is 2.33. The first-order chi connectivity index (χ1) is 9.33. The van der Waals surface area contributed by atoms with Crippen LogP contribution in [0.1, 0.15) is 32.8 Å². The molecule has 0 saturated carbocycles. The van der Waals surface area contributed by atoms with E-state index in [4.69, 9.17) is 17.0 Å². The highest BCUT2D eigenvalue weighted by molar-refractivity contribution is 9.10. The number of halogens is 2. The van der Waals surface area contributed by atoms with Crippen LogP contribution in [0, 0.1) is 5.82 Å². The third-order valence-electron chi connectivity index (χ3n) is 2.43. The van der Waals surface area contributed by atoms with Gasteiger partial charge in [0.2, 0.25) is 5.91 Å². The van der Waals surface area contributed by atoms with Gasteiger partial charge in [-0.15, -0.1) is 0 Å². The van der Waals surface area contributed by atoms with Gasteiger partial charge in [-0.1, -0.05) is 22.9 Å². The van der Waals surface area contributed by atoms with Gasteiger partial charge < -0.3 is 10.1 Å². The van der Waals surface area contributed by atoms with Gasteiger partial charge >= 0.3 is 0 Å². The maximum absolute atomic E-state index is 13.8. The molecular formula is C14H17BrFNO2S. The number of hydrogen-bond acceptors (Lipinski definition) is 3. The van der Waals surface area contributed by atoms with E-state index in [1.807, 2.05) is 13.8 Å². The molecule has 110 valence electrons. The molecule has 0 radical (unpaired) electrons. The summed E-state index contributed by atoms with van der Waals surface area (Å²) in [6, 6.07) is 2.89. The van der Waals surface area contributed by atoms with Gasteiger partial charge in [-0.25, -0.2) is 4.39 Å². The third-order valence-corrected chi connectivity index (χ3v) is 3.41. The molecule has 0 unspecified atom stereocenters. The van der Waals surface area contributed by atoms with Gasteiger partial charge in [0.1, 0.15) is 5.82 Å². The summed E-state index contributed by atoms with van der Waals surface area (Å²) in [7, 11) is 0. The first kappa shape index (κ1) is 17.0. The minimum absolute atomic E-state index is 0.000915. The Labute approximate surface area is 132 Å². The van der Waals surface area contributed by atoms with E-state index < -0.39 is 5.82 Å². The Morgan fingerprint density at radius 1 is 1.50 bits per heavy atom. The molecule has 0 fully saturated rings. The number of amides is 1. The van der Waals surface area contributed by atoms with Crippen LogP contribution < -0.4 is 5.32 Å². The van der Waals surface area contributed by atoms with Crippen molar-refractivity contribution in [2.75, 3.05) is 5.32 Å². The molecule has 0 aliphatic heterocycles. The Balaban J connectivity index is 2.93. The molecule has 0 atom stereocenters. The SMILES string of the molecule is CCC(=O)Nc1cc(CC(=S)OC(C)C)c(Br)cc1F. The number of thiocarbonyl (C=S) groups is 1. The summed E-state index contributed by atoms with van der Waals surface area (Å²) in [5.41, 5.74) is 0.922. The zero-order valence-electron chi connectivity index (χ0n) is 11.6. The van der Waals surface area contributed by atoms with Gasteiger partial charge in [-0.2, -0.15) is 0 Å². The van der Waals surface area contributed by atoms with Crippen molar-refractivity contribution < 1.29 is 13.9 Å². The van der Waals surface area contributed by atoms with Crippen LogP contribution in [-0.4, -0.2) is 17.1 Å². The Morgan fingerprint density at radius 3 is 2.70 bits per heavy atom. The molecule has 1 rings (SSSR count). The smallest absolute Gasteiger partial charge is 0.224 e. The molecule has 0 heterocycles. The highest BCUT2D eigenvalue weighted by Crippen LogP contribution is 2.26. The van der Waals surface area contributed by atoms with Crippen LogP contribution >= 0.6 is 28.1 Å². The van der Waals surface area contributed by atoms with Gasteiger partial charge in [0.05, 0.1) is 11.8 Å². The van der Waals surface area contributed by atoms with Gasteiger partial charge in [0.25, 0.3) is 0 Å². The second-order valence-electron chi connectivity index (χ2n) is 4.54. The molecule has 1 aromatic carbocycles. The van der Waals surface area contributed by atoms with Crippen molar-refractivity contribution in [3.63, 3.8) is 0 Å². The molecule has 0 aliphatic carbocycles. The van der Waals surface area contributed by atoms with Crippen LogP contribution in [0.2, 0.25) is 0 Å². The number of benzene rings is 1. The quantitative estimate of drug-likeness (QED) is 0.797. The number of anilines is 1. The Kier molecular flexibility index (Phi) is 6.55. The second kappa shape index (κ2) is 7.69. The molecule has 0 bridgehead atoms. The minimum atomic E-state index is -0.488. The molecule has 1 amide bonds. The Morgan fingerprint density at radius 2 is 2.15 bits per heavy atom. The predicted molar refractivity (Wildman–Crippen MR) is 85.5 cm³/mol. The summed E-state index contributed by atoms with van der Waals surface area (Å²) in [6.07, 6.45) is 0.671. The van der Waals surface area contributed by atoms with E-state index in [2.05, 4.69) is 21.2 Å². The molecule has 1 aromatic rings. The standard InChI is InChI=1S/C14H17BrFNO2S/c1-4-13(18)17-12-5-9(10(15)7-11(12)16)6-14(20)19-8(2)3/h5,7-8H,4,6H2,1-3H3,(H,17,18). The minimum Gasteiger partial charge on any atom is -0.484 e. The number of carbonyl (C=O) groups excluding carboxylic acids is 1. The summed E-state index contributed by atoms with van der Waals surface area (Å²) >= 11 is 8.43. The van der Waals surface area contributed by atoms with Crippen molar-refractivity contribution in [3.8, 4) is 0 Å². The maximum atomic E-state index is 13.8. The van der Waals surface area contributed by atoms with E-state index in [0.29, 0.717) is 22.4 Å². The van der Waals surface area contributed by atoms with Crippen LogP contribution in [0.5, 0.6) is 0 Å². The summed E-state index contributed by atoms with van der Waals surface area (Å²) in [5.74, 6) is -0.726. The van der Waals surface area contributed by atoms with Crippen molar-refractivity contribution in [1.29, 1.82) is 0 Å². The number of rotatable bonds is 5. The van der Waals surface area contributed by atoms with E-state index >= 15 is 0 Å². The van der Waals surface area contributed by atoms with E-state index in [1.165, 1.54) is 6.07 Å². The molecular weight excluding hydrogens is 345 g/mol.